The Kier molecular flexibility index (Phi) is 9.48. The maximum absolute atomic E-state index is 12.8. The number of nitrogens with zero attached hydrogens (tertiary/aromatic N) is 1. The van der Waals surface area contributed by atoms with Gasteiger partial charge in [0.15, 0.2) is 0 Å². The minimum Gasteiger partial charge on any atom is -0.308 e. The topological polar surface area (TPSA) is 48.2 Å². The predicted molar refractivity (Wildman–Crippen MR) is 107 cm³/mol. The average Bonchev–Trinajstić information content (AvgIpc) is 3.01. The van der Waals surface area contributed by atoms with Crippen LogP contribution in [0.3, 0.4) is 0 Å². The zero-order valence-electron chi connectivity index (χ0n) is 15.9. The Balaban J connectivity index is 0.000000273. The smallest absolute Gasteiger partial charge is 0.133 e. The highest BCUT2D eigenvalue weighted by atomic mass is 19.1. The van der Waals surface area contributed by atoms with Crippen molar-refractivity contribution in [2.24, 2.45) is 11.0 Å². The number of benzene rings is 1. The van der Waals surface area contributed by atoms with Gasteiger partial charge in [-0.2, -0.15) is 5.10 Å². The van der Waals surface area contributed by atoms with E-state index < -0.39 is 11.6 Å². The quantitative estimate of drug-likeness (QED) is 0.472. The van der Waals surface area contributed by atoms with Crippen LogP contribution in [0.15, 0.2) is 41.5 Å². The summed E-state index contributed by atoms with van der Waals surface area (Å²) < 4.78 is 25.6. The van der Waals surface area contributed by atoms with E-state index in [-0.39, 0.29) is 11.6 Å². The average molecular weight is 361 g/mol. The van der Waals surface area contributed by atoms with Crippen LogP contribution in [0, 0.1) is 23.0 Å². The SMILES string of the molecule is C=C(C)c1c(F)cccc1F.CCCCC/C=C(/C=N)C1NN=CC1C. The van der Waals surface area contributed by atoms with E-state index >= 15 is 0 Å². The molecular formula is C21H29F2N3. The normalized spacial score (nSPS) is 18.7. The van der Waals surface area contributed by atoms with Crippen molar-refractivity contribution in [2.45, 2.75) is 52.5 Å². The summed E-state index contributed by atoms with van der Waals surface area (Å²) in [5.41, 5.74) is 4.50. The highest BCUT2D eigenvalue weighted by Crippen LogP contribution is 2.19. The first-order valence-corrected chi connectivity index (χ1v) is 9.01. The molecule has 0 amide bonds. The summed E-state index contributed by atoms with van der Waals surface area (Å²) in [5, 5.41) is 11.4. The maximum Gasteiger partial charge on any atom is 0.133 e. The van der Waals surface area contributed by atoms with Crippen molar-refractivity contribution in [1.82, 2.24) is 5.43 Å². The molecule has 0 aromatic heterocycles. The van der Waals surface area contributed by atoms with Crippen LogP contribution < -0.4 is 5.43 Å². The Labute approximate surface area is 155 Å². The van der Waals surface area contributed by atoms with E-state index in [0.717, 1.165) is 12.0 Å². The second kappa shape index (κ2) is 11.3. The van der Waals surface area contributed by atoms with Crippen LogP contribution in [0.4, 0.5) is 8.78 Å². The number of hydrazone groups is 1. The second-order valence-corrected chi connectivity index (χ2v) is 6.47. The number of nitrogens with one attached hydrogen (secondary N) is 2. The zero-order valence-corrected chi connectivity index (χ0v) is 15.9. The Hall–Kier alpha value is -2.30. The lowest BCUT2D eigenvalue weighted by atomic mass is 9.96. The molecule has 1 aromatic carbocycles. The van der Waals surface area contributed by atoms with Gasteiger partial charge in [0.1, 0.15) is 11.6 Å². The number of hydrogen-bond acceptors (Lipinski definition) is 3. The van der Waals surface area contributed by atoms with Gasteiger partial charge < -0.3 is 10.8 Å². The first-order chi connectivity index (χ1) is 12.4. The predicted octanol–water partition coefficient (Wildman–Crippen LogP) is 5.73. The van der Waals surface area contributed by atoms with Gasteiger partial charge in [0, 0.05) is 23.9 Å². The summed E-state index contributed by atoms with van der Waals surface area (Å²) in [6, 6.07) is 3.97. The molecule has 0 bridgehead atoms. The molecule has 1 aliphatic rings. The van der Waals surface area contributed by atoms with E-state index in [2.05, 4.69) is 37.0 Å². The van der Waals surface area contributed by atoms with Gasteiger partial charge in [-0.3, -0.25) is 0 Å². The minimum atomic E-state index is -0.558. The Morgan fingerprint density at radius 1 is 1.31 bits per heavy atom. The van der Waals surface area contributed by atoms with E-state index in [0.29, 0.717) is 11.5 Å². The van der Waals surface area contributed by atoms with Gasteiger partial charge in [-0.25, -0.2) is 8.78 Å². The number of hydrogen-bond donors (Lipinski definition) is 2. The fourth-order valence-corrected chi connectivity index (χ4v) is 2.67. The molecule has 0 spiro atoms. The maximum atomic E-state index is 12.8. The van der Waals surface area contributed by atoms with Crippen molar-refractivity contribution < 1.29 is 8.78 Å². The van der Waals surface area contributed by atoms with Crippen molar-refractivity contribution in [2.75, 3.05) is 0 Å². The Morgan fingerprint density at radius 2 is 1.96 bits per heavy atom. The molecule has 2 N–H and O–H groups in total. The van der Waals surface area contributed by atoms with Crippen LogP contribution in [0.2, 0.25) is 0 Å². The second-order valence-electron chi connectivity index (χ2n) is 6.47. The molecule has 1 heterocycles. The van der Waals surface area contributed by atoms with Gasteiger partial charge in [-0.15, -0.1) is 0 Å². The third-order valence-corrected chi connectivity index (χ3v) is 4.15. The molecule has 0 fully saturated rings. The molecule has 0 saturated carbocycles. The number of halogens is 2. The van der Waals surface area contributed by atoms with Gasteiger partial charge in [0.25, 0.3) is 0 Å². The minimum absolute atomic E-state index is 0.0208. The molecule has 142 valence electrons. The Morgan fingerprint density at radius 3 is 2.38 bits per heavy atom. The molecular weight excluding hydrogens is 332 g/mol. The lowest BCUT2D eigenvalue weighted by Crippen LogP contribution is -2.28. The van der Waals surface area contributed by atoms with Crippen LogP contribution in [0.25, 0.3) is 5.57 Å². The highest BCUT2D eigenvalue weighted by Gasteiger charge is 2.21. The zero-order chi connectivity index (χ0) is 19.5. The number of allylic oxidation sites excluding steroid dienone is 2. The number of unbranched alkanes of at least 4 members (excludes halogenated alkanes) is 3. The fraction of sp³-hybridized carbons (Fsp3) is 0.429. The van der Waals surface area contributed by atoms with E-state index in [1.54, 1.807) is 6.92 Å². The van der Waals surface area contributed by atoms with Crippen LogP contribution >= 0.6 is 0 Å². The molecule has 3 nitrogen and oxygen atoms in total. The van der Waals surface area contributed by atoms with Gasteiger partial charge >= 0.3 is 0 Å². The first-order valence-electron chi connectivity index (χ1n) is 9.01. The van der Waals surface area contributed by atoms with Crippen molar-refractivity contribution in [3.63, 3.8) is 0 Å². The molecule has 2 rings (SSSR count). The van der Waals surface area contributed by atoms with Crippen LogP contribution in [-0.2, 0) is 0 Å². The van der Waals surface area contributed by atoms with Gasteiger partial charge in [-0.05, 0) is 43.0 Å². The summed E-state index contributed by atoms with van der Waals surface area (Å²) in [5.74, 6) is -0.723. The van der Waals surface area contributed by atoms with E-state index in [4.69, 9.17) is 5.41 Å². The van der Waals surface area contributed by atoms with Gasteiger partial charge in [-0.1, -0.05) is 45.4 Å². The van der Waals surface area contributed by atoms with Gasteiger partial charge in [0.2, 0.25) is 0 Å². The molecule has 0 saturated heterocycles. The summed E-state index contributed by atoms with van der Waals surface area (Å²) in [6.45, 7) is 9.36. The third kappa shape index (κ3) is 6.54. The molecule has 1 aliphatic heterocycles. The lowest BCUT2D eigenvalue weighted by molar-refractivity contribution is 0.577. The fourth-order valence-electron chi connectivity index (χ4n) is 2.67. The molecule has 2 atom stereocenters. The van der Waals surface area contributed by atoms with Crippen molar-refractivity contribution in [1.29, 1.82) is 5.41 Å². The highest BCUT2D eigenvalue weighted by molar-refractivity contribution is 5.80. The summed E-state index contributed by atoms with van der Waals surface area (Å²) >= 11 is 0. The van der Waals surface area contributed by atoms with Crippen molar-refractivity contribution in [3.05, 3.63) is 53.6 Å². The molecule has 5 heteroatoms. The lowest BCUT2D eigenvalue weighted by Gasteiger charge is -2.15. The van der Waals surface area contributed by atoms with Crippen LogP contribution in [0.5, 0.6) is 0 Å². The molecule has 1 aromatic rings. The van der Waals surface area contributed by atoms with Crippen molar-refractivity contribution in [3.8, 4) is 0 Å². The number of rotatable bonds is 7. The van der Waals surface area contributed by atoms with E-state index in [1.165, 1.54) is 43.7 Å². The summed E-state index contributed by atoms with van der Waals surface area (Å²) in [6.07, 6.45) is 10.3. The monoisotopic (exact) mass is 361 g/mol. The molecule has 0 aliphatic carbocycles. The van der Waals surface area contributed by atoms with Gasteiger partial charge in [0.05, 0.1) is 6.04 Å². The van der Waals surface area contributed by atoms with E-state index in [1.807, 2.05) is 6.21 Å². The standard InChI is InChI=1S/C12H21N3.C9H8F2/c1-3-4-5-6-7-11(8-13)12-10(2)9-14-15-12;1-6(2)9-7(10)4-3-5-8(9)11/h7-10,12-13,15H,3-6H2,1-2H3;3-5H,1H2,2H3/b11-7-,13-8?;. The largest absolute Gasteiger partial charge is 0.308 e. The first kappa shape index (κ1) is 21.7. The summed E-state index contributed by atoms with van der Waals surface area (Å²) in [4.78, 5) is 0. The summed E-state index contributed by atoms with van der Waals surface area (Å²) in [7, 11) is 0. The Bertz CT molecular complexity index is 645. The van der Waals surface area contributed by atoms with Crippen LogP contribution in [-0.4, -0.2) is 18.5 Å². The van der Waals surface area contributed by atoms with Crippen LogP contribution in [0.1, 0.15) is 52.0 Å². The van der Waals surface area contributed by atoms with E-state index in [9.17, 15) is 8.78 Å². The molecule has 0 radical (unpaired) electrons. The molecule has 26 heavy (non-hydrogen) atoms. The van der Waals surface area contributed by atoms with Crippen molar-refractivity contribution >= 4 is 18.0 Å². The third-order valence-electron chi connectivity index (χ3n) is 4.15. The molecule has 2 unspecified atom stereocenters.